The zero-order valence-electron chi connectivity index (χ0n) is 17.0. The van der Waals surface area contributed by atoms with Crippen molar-refractivity contribution in [2.75, 3.05) is 13.7 Å². The molecule has 1 saturated heterocycles. The van der Waals surface area contributed by atoms with E-state index in [1.807, 2.05) is 0 Å². The maximum Gasteiger partial charge on any atom is 0.273 e. The highest BCUT2D eigenvalue weighted by Crippen LogP contribution is 2.29. The first-order chi connectivity index (χ1) is 14.5. The lowest BCUT2D eigenvalue weighted by atomic mass is 10.0. The fraction of sp³-hybridized carbons (Fsp3) is 0.550. The zero-order chi connectivity index (χ0) is 21.1. The monoisotopic (exact) mass is 433 g/mol. The average molecular weight is 434 g/mol. The largest absolute Gasteiger partial charge is 0.497 e. The van der Waals surface area contributed by atoms with Gasteiger partial charge in [-0.2, -0.15) is 4.31 Å². The summed E-state index contributed by atoms with van der Waals surface area (Å²) in [6.07, 6.45) is 6.89. The topological polar surface area (TPSA) is 106 Å². The molecule has 1 aromatic carbocycles. The summed E-state index contributed by atoms with van der Waals surface area (Å²) in [6, 6.07) is 6.72. The number of nitrogens with one attached hydrogen (secondary N) is 1. The predicted molar refractivity (Wildman–Crippen MR) is 110 cm³/mol. The van der Waals surface area contributed by atoms with E-state index >= 15 is 0 Å². The van der Waals surface area contributed by atoms with Crippen LogP contribution in [0, 0.1) is 0 Å². The van der Waals surface area contributed by atoms with Crippen molar-refractivity contribution in [3.63, 3.8) is 0 Å². The first kappa shape index (κ1) is 20.8. The molecule has 0 bridgehead atoms. The Kier molecular flexibility index (Phi) is 6.05. The number of nitrogens with zero attached hydrogens (tertiary/aromatic N) is 4. The Morgan fingerprint density at radius 2 is 2.10 bits per heavy atom. The summed E-state index contributed by atoms with van der Waals surface area (Å²) < 4.78 is 34.9. The van der Waals surface area contributed by atoms with Gasteiger partial charge in [-0.25, -0.2) is 8.42 Å². The Morgan fingerprint density at radius 3 is 2.87 bits per heavy atom. The van der Waals surface area contributed by atoms with Crippen molar-refractivity contribution < 1.29 is 17.9 Å². The highest BCUT2D eigenvalue weighted by Gasteiger charge is 2.33. The first-order valence-corrected chi connectivity index (χ1v) is 11.8. The maximum atomic E-state index is 13.3. The van der Waals surface area contributed by atoms with Crippen LogP contribution < -0.4 is 10.1 Å². The van der Waals surface area contributed by atoms with Gasteiger partial charge in [0.2, 0.25) is 10.0 Å². The number of hydrogen-bond acceptors (Lipinski definition) is 6. The van der Waals surface area contributed by atoms with E-state index in [2.05, 4.69) is 15.6 Å². The van der Waals surface area contributed by atoms with Crippen LogP contribution in [0.5, 0.6) is 5.75 Å². The van der Waals surface area contributed by atoms with Gasteiger partial charge in [0.1, 0.15) is 5.75 Å². The molecule has 1 amide bonds. The Labute approximate surface area is 176 Å². The molecule has 1 saturated carbocycles. The molecule has 1 N–H and O–H groups in total. The van der Waals surface area contributed by atoms with E-state index in [4.69, 9.17) is 4.74 Å². The molecule has 10 heteroatoms. The number of carbonyl (C=O) groups excluding carboxylic acids is 1. The van der Waals surface area contributed by atoms with Gasteiger partial charge in [-0.15, -0.1) is 5.10 Å². The molecule has 1 aliphatic heterocycles. The molecule has 2 aromatic rings. The number of aryl methyl sites for hydroxylation is 1. The summed E-state index contributed by atoms with van der Waals surface area (Å²) >= 11 is 0. The molecule has 1 atom stereocenters. The van der Waals surface area contributed by atoms with Crippen molar-refractivity contribution in [1.29, 1.82) is 0 Å². The van der Waals surface area contributed by atoms with Crippen molar-refractivity contribution in [3.05, 3.63) is 36.2 Å². The van der Waals surface area contributed by atoms with Gasteiger partial charge in [-0.3, -0.25) is 9.48 Å². The Hall–Kier alpha value is -2.46. The van der Waals surface area contributed by atoms with Gasteiger partial charge in [-0.05, 0) is 44.2 Å². The highest BCUT2D eigenvalue weighted by molar-refractivity contribution is 7.89. The van der Waals surface area contributed by atoms with Crippen LogP contribution in [0.3, 0.4) is 0 Å². The third-order valence-electron chi connectivity index (χ3n) is 5.60. The number of hydrogen-bond donors (Lipinski definition) is 1. The number of ether oxygens (including phenoxy) is 1. The van der Waals surface area contributed by atoms with E-state index in [-0.39, 0.29) is 22.9 Å². The van der Waals surface area contributed by atoms with Crippen LogP contribution in [0.4, 0.5) is 0 Å². The fourth-order valence-electron chi connectivity index (χ4n) is 3.76. The Morgan fingerprint density at radius 1 is 1.27 bits per heavy atom. The van der Waals surface area contributed by atoms with Crippen molar-refractivity contribution in [3.8, 4) is 5.75 Å². The molecule has 1 aromatic heterocycles. The molecule has 162 valence electrons. The fourth-order valence-corrected chi connectivity index (χ4v) is 5.52. The van der Waals surface area contributed by atoms with Crippen molar-refractivity contribution in [2.45, 2.75) is 62.0 Å². The van der Waals surface area contributed by atoms with Gasteiger partial charge in [-0.1, -0.05) is 17.7 Å². The van der Waals surface area contributed by atoms with Crippen LogP contribution in [0.1, 0.15) is 49.0 Å². The van der Waals surface area contributed by atoms with E-state index in [1.54, 1.807) is 39.4 Å². The SMILES string of the molecule is COc1cccc(S(=O)(=O)N2CCCCC2CCn2cc(C(=O)NC3CC3)nn2)c1. The quantitative estimate of drug-likeness (QED) is 0.681. The zero-order valence-corrected chi connectivity index (χ0v) is 17.8. The summed E-state index contributed by atoms with van der Waals surface area (Å²) in [4.78, 5) is 12.3. The van der Waals surface area contributed by atoms with Gasteiger partial charge in [0.15, 0.2) is 5.69 Å². The number of piperidine rings is 1. The number of sulfonamides is 1. The molecule has 1 aliphatic carbocycles. The van der Waals surface area contributed by atoms with Gasteiger partial charge >= 0.3 is 0 Å². The molecular formula is C20H27N5O4S. The molecule has 1 unspecified atom stereocenters. The summed E-state index contributed by atoms with van der Waals surface area (Å²) in [7, 11) is -2.10. The molecule has 2 aliphatic rings. The lowest BCUT2D eigenvalue weighted by Gasteiger charge is -2.34. The van der Waals surface area contributed by atoms with Gasteiger partial charge in [0.05, 0.1) is 18.2 Å². The third kappa shape index (κ3) is 4.65. The summed E-state index contributed by atoms with van der Waals surface area (Å²) in [5.74, 6) is 0.313. The van der Waals surface area contributed by atoms with Crippen LogP contribution in [-0.4, -0.2) is 59.4 Å². The summed E-state index contributed by atoms with van der Waals surface area (Å²) in [5.41, 5.74) is 0.298. The second kappa shape index (κ2) is 8.73. The summed E-state index contributed by atoms with van der Waals surface area (Å²) in [6.45, 7) is 0.995. The predicted octanol–water partition coefficient (Wildman–Crippen LogP) is 1.81. The average Bonchev–Trinajstić information content (AvgIpc) is 3.45. The molecule has 0 spiro atoms. The van der Waals surface area contributed by atoms with Gasteiger partial charge in [0.25, 0.3) is 5.91 Å². The normalized spacial score (nSPS) is 20.1. The Balaban J connectivity index is 1.43. The summed E-state index contributed by atoms with van der Waals surface area (Å²) in [5, 5.41) is 10.9. The maximum absolute atomic E-state index is 13.3. The van der Waals surface area contributed by atoms with Gasteiger partial charge < -0.3 is 10.1 Å². The standard InChI is InChI=1S/C20H27N5O4S/c1-29-17-6-4-7-18(13-17)30(27,28)25-11-3-2-5-16(25)10-12-24-14-19(22-23-24)20(26)21-15-8-9-15/h4,6-7,13-16H,2-3,5,8-12H2,1H3,(H,21,26). The minimum atomic E-state index is -3.62. The number of methoxy groups -OCH3 is 1. The number of carbonyl (C=O) groups is 1. The highest BCUT2D eigenvalue weighted by atomic mass is 32.2. The number of amides is 1. The number of benzene rings is 1. The molecular weight excluding hydrogens is 406 g/mol. The second-order valence-corrected chi connectivity index (χ2v) is 9.74. The lowest BCUT2D eigenvalue weighted by Crippen LogP contribution is -2.44. The van der Waals surface area contributed by atoms with Gasteiger partial charge in [0, 0.05) is 31.2 Å². The molecule has 9 nitrogen and oxygen atoms in total. The molecule has 0 radical (unpaired) electrons. The molecule has 30 heavy (non-hydrogen) atoms. The first-order valence-electron chi connectivity index (χ1n) is 10.3. The van der Waals surface area contributed by atoms with E-state index in [0.717, 1.165) is 32.1 Å². The van der Waals surface area contributed by atoms with Crippen molar-refractivity contribution in [1.82, 2.24) is 24.6 Å². The van der Waals surface area contributed by atoms with Crippen LogP contribution in [0.25, 0.3) is 0 Å². The lowest BCUT2D eigenvalue weighted by molar-refractivity contribution is 0.0946. The van der Waals surface area contributed by atoms with E-state index in [9.17, 15) is 13.2 Å². The van der Waals surface area contributed by atoms with E-state index in [0.29, 0.717) is 31.0 Å². The van der Waals surface area contributed by atoms with E-state index in [1.165, 1.54) is 7.11 Å². The number of rotatable bonds is 8. The second-order valence-electron chi connectivity index (χ2n) is 7.85. The van der Waals surface area contributed by atoms with Crippen LogP contribution in [0.2, 0.25) is 0 Å². The molecule has 2 heterocycles. The number of aromatic nitrogens is 3. The van der Waals surface area contributed by atoms with Crippen LogP contribution in [0.15, 0.2) is 35.4 Å². The minimum Gasteiger partial charge on any atom is -0.497 e. The smallest absolute Gasteiger partial charge is 0.273 e. The molecule has 4 rings (SSSR count). The third-order valence-corrected chi connectivity index (χ3v) is 7.54. The Bertz CT molecular complexity index is 1000. The minimum absolute atomic E-state index is 0.122. The van der Waals surface area contributed by atoms with Crippen molar-refractivity contribution in [2.24, 2.45) is 0 Å². The van der Waals surface area contributed by atoms with Crippen molar-refractivity contribution >= 4 is 15.9 Å². The van der Waals surface area contributed by atoms with Crippen LogP contribution in [-0.2, 0) is 16.6 Å². The van der Waals surface area contributed by atoms with E-state index < -0.39 is 10.0 Å². The molecule has 2 fully saturated rings. The van der Waals surface area contributed by atoms with Crippen LogP contribution >= 0.6 is 0 Å².